The number of hydrogen-bond donors (Lipinski definition) is 0. The van der Waals surface area contributed by atoms with Gasteiger partial charge in [0, 0.05) is 0 Å². The second-order valence-corrected chi connectivity index (χ2v) is 11.6. The molecule has 0 N–H and O–H groups in total. The maximum atomic E-state index is 12.0. The van der Waals surface area contributed by atoms with E-state index in [0.29, 0.717) is 0 Å². The maximum Gasteiger partial charge on any atom is 0.309 e. The lowest BCUT2D eigenvalue weighted by atomic mass is 10.1. The highest BCUT2D eigenvalue weighted by molar-refractivity contribution is 6.81. The smallest absolute Gasteiger partial charge is 0.309 e. The third kappa shape index (κ3) is 4.97. The van der Waals surface area contributed by atoms with Crippen LogP contribution in [0.4, 0.5) is 0 Å². The molecule has 1 aromatic carbocycles. The SMILES string of the molecule is COC(=O)C(/C(C)=C\CCc1ccccc1)[Si](C)(C)C. The standard InChI is InChI=1S/C17H26O2Si/c1-14(16(17(18)19-2)20(3,4)5)10-9-13-15-11-7-6-8-12-15/h6-8,10-12,16H,9,13H2,1-5H3/b14-10-. The summed E-state index contributed by atoms with van der Waals surface area (Å²) in [6, 6.07) is 10.4. The van der Waals surface area contributed by atoms with Gasteiger partial charge in [0.25, 0.3) is 0 Å². The Morgan fingerprint density at radius 3 is 2.35 bits per heavy atom. The average molecular weight is 290 g/mol. The van der Waals surface area contributed by atoms with Crippen molar-refractivity contribution in [1.29, 1.82) is 0 Å². The lowest BCUT2D eigenvalue weighted by Crippen LogP contribution is -2.35. The molecule has 1 rings (SSSR count). The van der Waals surface area contributed by atoms with E-state index in [1.807, 2.05) is 6.07 Å². The van der Waals surface area contributed by atoms with Gasteiger partial charge >= 0.3 is 5.97 Å². The summed E-state index contributed by atoms with van der Waals surface area (Å²) in [7, 11) is -0.127. The quantitative estimate of drug-likeness (QED) is 0.439. The molecule has 0 aromatic heterocycles. The molecule has 2 nitrogen and oxygen atoms in total. The Hall–Kier alpha value is -1.35. The number of allylic oxidation sites excluding steroid dienone is 1. The molecule has 3 heteroatoms. The third-order valence-corrected chi connectivity index (χ3v) is 5.92. The molecule has 0 aliphatic rings. The summed E-state index contributed by atoms with van der Waals surface area (Å²) in [5.74, 6) is -0.0855. The fraction of sp³-hybridized carbons (Fsp3) is 0.471. The molecule has 0 bridgehead atoms. The van der Waals surface area contributed by atoms with Gasteiger partial charge in [-0.3, -0.25) is 4.79 Å². The van der Waals surface area contributed by atoms with Crippen LogP contribution in [0.15, 0.2) is 42.0 Å². The van der Waals surface area contributed by atoms with Gasteiger partial charge in [0.15, 0.2) is 0 Å². The molecule has 0 aliphatic carbocycles. The van der Waals surface area contributed by atoms with Gasteiger partial charge in [0.05, 0.1) is 20.7 Å². The maximum absolute atomic E-state index is 12.0. The van der Waals surface area contributed by atoms with Crippen LogP contribution in [0.2, 0.25) is 25.2 Å². The van der Waals surface area contributed by atoms with E-state index in [2.05, 4.69) is 56.9 Å². The average Bonchev–Trinajstić information content (AvgIpc) is 2.38. The number of benzene rings is 1. The summed E-state index contributed by atoms with van der Waals surface area (Å²) >= 11 is 0. The first-order valence-electron chi connectivity index (χ1n) is 7.14. The Bertz CT molecular complexity index is 458. The molecule has 0 saturated carbocycles. The number of carbonyl (C=O) groups is 1. The summed E-state index contributed by atoms with van der Waals surface area (Å²) in [5.41, 5.74) is 2.45. The highest BCUT2D eigenvalue weighted by atomic mass is 28.3. The monoisotopic (exact) mass is 290 g/mol. The van der Waals surface area contributed by atoms with E-state index < -0.39 is 8.07 Å². The van der Waals surface area contributed by atoms with Gasteiger partial charge in [-0.05, 0) is 25.3 Å². The Morgan fingerprint density at radius 2 is 1.85 bits per heavy atom. The Kier molecular flexibility index (Phi) is 6.21. The number of aryl methyl sites for hydroxylation is 1. The van der Waals surface area contributed by atoms with Crippen LogP contribution in [-0.2, 0) is 16.0 Å². The van der Waals surface area contributed by atoms with E-state index in [-0.39, 0.29) is 11.5 Å². The second-order valence-electron chi connectivity index (χ2n) is 6.29. The summed E-state index contributed by atoms with van der Waals surface area (Å²) in [5, 5.41) is 0. The van der Waals surface area contributed by atoms with Crippen molar-refractivity contribution in [3.8, 4) is 0 Å². The zero-order valence-corrected chi connectivity index (χ0v) is 14.3. The summed E-state index contributed by atoms with van der Waals surface area (Å²) in [4.78, 5) is 12.0. The molecule has 1 aromatic rings. The predicted octanol–water partition coefficient (Wildman–Crippen LogP) is 4.45. The zero-order chi connectivity index (χ0) is 15.2. The number of hydrogen-bond acceptors (Lipinski definition) is 2. The van der Waals surface area contributed by atoms with Crippen molar-refractivity contribution in [3.05, 3.63) is 47.5 Å². The molecule has 0 amide bonds. The minimum Gasteiger partial charge on any atom is -0.469 e. The topological polar surface area (TPSA) is 26.3 Å². The predicted molar refractivity (Wildman–Crippen MR) is 87.6 cm³/mol. The van der Waals surface area contributed by atoms with E-state index >= 15 is 0 Å². The van der Waals surface area contributed by atoms with Gasteiger partial charge in [-0.25, -0.2) is 0 Å². The highest BCUT2D eigenvalue weighted by Crippen LogP contribution is 2.31. The fourth-order valence-corrected chi connectivity index (χ4v) is 4.88. The Morgan fingerprint density at radius 1 is 1.25 bits per heavy atom. The Balaban J connectivity index is 2.72. The van der Waals surface area contributed by atoms with Crippen molar-refractivity contribution in [2.24, 2.45) is 0 Å². The molecule has 0 fully saturated rings. The van der Waals surface area contributed by atoms with E-state index in [1.54, 1.807) is 0 Å². The van der Waals surface area contributed by atoms with Crippen molar-refractivity contribution >= 4 is 14.0 Å². The normalized spacial score (nSPS) is 13.9. The fourth-order valence-electron chi connectivity index (χ4n) is 2.57. The van der Waals surface area contributed by atoms with Crippen LogP contribution in [0.3, 0.4) is 0 Å². The molecule has 0 aliphatic heterocycles. The molecule has 0 spiro atoms. The molecule has 1 atom stereocenters. The largest absolute Gasteiger partial charge is 0.469 e. The molecule has 20 heavy (non-hydrogen) atoms. The molecule has 1 unspecified atom stereocenters. The first kappa shape index (κ1) is 16.7. The lowest BCUT2D eigenvalue weighted by Gasteiger charge is -2.27. The summed E-state index contributed by atoms with van der Waals surface area (Å²) in [6.45, 7) is 8.69. The van der Waals surface area contributed by atoms with Crippen molar-refractivity contribution < 1.29 is 9.53 Å². The van der Waals surface area contributed by atoms with Crippen LogP contribution in [0, 0.1) is 0 Å². The number of carbonyl (C=O) groups excluding carboxylic acids is 1. The number of ether oxygens (including phenoxy) is 1. The second kappa shape index (κ2) is 7.43. The van der Waals surface area contributed by atoms with Gasteiger partial charge in [-0.15, -0.1) is 0 Å². The van der Waals surface area contributed by atoms with E-state index in [1.165, 1.54) is 12.7 Å². The third-order valence-electron chi connectivity index (χ3n) is 3.50. The number of esters is 1. The van der Waals surface area contributed by atoms with E-state index in [4.69, 9.17) is 4.74 Å². The van der Waals surface area contributed by atoms with Gasteiger partial charge < -0.3 is 4.74 Å². The summed E-state index contributed by atoms with van der Waals surface area (Å²) in [6.07, 6.45) is 4.18. The van der Waals surface area contributed by atoms with Gasteiger partial charge in [-0.1, -0.05) is 61.6 Å². The van der Waals surface area contributed by atoms with Gasteiger partial charge in [0.2, 0.25) is 0 Å². The molecule has 0 saturated heterocycles. The van der Waals surface area contributed by atoms with E-state index in [9.17, 15) is 4.79 Å². The molecule has 0 heterocycles. The first-order valence-corrected chi connectivity index (χ1v) is 10.7. The minimum absolute atomic E-state index is 0.0386. The van der Waals surface area contributed by atoms with Crippen LogP contribution < -0.4 is 0 Å². The molecular weight excluding hydrogens is 264 g/mol. The highest BCUT2D eigenvalue weighted by Gasteiger charge is 2.34. The summed E-state index contributed by atoms with van der Waals surface area (Å²) < 4.78 is 4.98. The van der Waals surface area contributed by atoms with Crippen LogP contribution in [0.1, 0.15) is 18.9 Å². The molecule has 110 valence electrons. The first-order chi connectivity index (χ1) is 9.36. The van der Waals surface area contributed by atoms with Crippen molar-refractivity contribution in [3.63, 3.8) is 0 Å². The van der Waals surface area contributed by atoms with Gasteiger partial charge in [-0.2, -0.15) is 0 Å². The van der Waals surface area contributed by atoms with Crippen molar-refractivity contribution in [2.75, 3.05) is 7.11 Å². The van der Waals surface area contributed by atoms with Crippen LogP contribution in [-0.4, -0.2) is 21.2 Å². The van der Waals surface area contributed by atoms with Crippen molar-refractivity contribution in [1.82, 2.24) is 0 Å². The lowest BCUT2D eigenvalue weighted by molar-refractivity contribution is -0.139. The van der Waals surface area contributed by atoms with Gasteiger partial charge in [0.1, 0.15) is 0 Å². The van der Waals surface area contributed by atoms with Crippen LogP contribution in [0.25, 0.3) is 0 Å². The zero-order valence-electron chi connectivity index (χ0n) is 13.3. The van der Waals surface area contributed by atoms with E-state index in [0.717, 1.165) is 18.4 Å². The van der Waals surface area contributed by atoms with Crippen molar-refractivity contribution in [2.45, 2.75) is 44.9 Å². The molecular formula is C17H26O2Si. The number of rotatable bonds is 6. The van der Waals surface area contributed by atoms with Crippen LogP contribution >= 0.6 is 0 Å². The minimum atomic E-state index is -1.61. The Labute approximate surface area is 123 Å². The molecule has 0 radical (unpaired) electrons. The van der Waals surface area contributed by atoms with Crippen LogP contribution in [0.5, 0.6) is 0 Å². The number of methoxy groups -OCH3 is 1.